The van der Waals surface area contributed by atoms with E-state index in [1.807, 2.05) is 0 Å². The zero-order chi connectivity index (χ0) is 15.7. The van der Waals surface area contributed by atoms with Gasteiger partial charge in [0.25, 0.3) is 5.69 Å². The highest BCUT2D eigenvalue weighted by atomic mass is 32.1. The summed E-state index contributed by atoms with van der Waals surface area (Å²) >= 11 is 1.34. The molecule has 0 radical (unpaired) electrons. The van der Waals surface area contributed by atoms with Crippen molar-refractivity contribution < 1.29 is 14.8 Å². The first-order chi connectivity index (χ1) is 10.5. The van der Waals surface area contributed by atoms with Crippen LogP contribution in [0.2, 0.25) is 0 Å². The van der Waals surface area contributed by atoms with E-state index in [1.54, 1.807) is 11.4 Å². The Morgan fingerprint density at radius 1 is 1.59 bits per heavy atom. The maximum Gasteiger partial charge on any atom is 0.405 e. The Morgan fingerprint density at radius 2 is 2.41 bits per heavy atom. The van der Waals surface area contributed by atoms with Crippen molar-refractivity contribution in [3.63, 3.8) is 0 Å². The molecule has 0 unspecified atom stereocenters. The predicted molar refractivity (Wildman–Crippen MR) is 81.2 cm³/mol. The maximum atomic E-state index is 11.4. The fraction of sp³-hybridized carbons (Fsp3) is 0.385. The second-order valence-corrected chi connectivity index (χ2v) is 6.12. The van der Waals surface area contributed by atoms with Gasteiger partial charge in [-0.2, -0.15) is 0 Å². The summed E-state index contributed by atoms with van der Waals surface area (Å²) in [5, 5.41) is 28.1. The summed E-state index contributed by atoms with van der Waals surface area (Å²) in [6, 6.07) is 1.78. The average molecular weight is 322 g/mol. The van der Waals surface area contributed by atoms with E-state index in [1.165, 1.54) is 17.5 Å². The van der Waals surface area contributed by atoms with Gasteiger partial charge in [-0.3, -0.25) is 10.1 Å². The third-order valence-electron chi connectivity index (χ3n) is 3.86. The SMILES string of the molecule is O=C(O)N[C@]1(c2c([N+](=O)[O-])cnc3ccsc23)CCCNC1. The Bertz CT molecular complexity index is 739. The van der Waals surface area contributed by atoms with E-state index in [2.05, 4.69) is 15.6 Å². The molecule has 3 heterocycles. The van der Waals surface area contributed by atoms with E-state index in [-0.39, 0.29) is 5.69 Å². The maximum absolute atomic E-state index is 11.4. The van der Waals surface area contributed by atoms with Gasteiger partial charge in [0.15, 0.2) is 0 Å². The number of pyridine rings is 1. The number of hydrogen-bond donors (Lipinski definition) is 3. The van der Waals surface area contributed by atoms with Crippen molar-refractivity contribution >= 4 is 33.3 Å². The van der Waals surface area contributed by atoms with Gasteiger partial charge in [0.2, 0.25) is 0 Å². The summed E-state index contributed by atoms with van der Waals surface area (Å²) in [5.41, 5.74) is -0.110. The number of fused-ring (bicyclic) bond motifs is 1. The van der Waals surface area contributed by atoms with E-state index in [4.69, 9.17) is 0 Å². The minimum absolute atomic E-state index is 0.146. The molecular weight excluding hydrogens is 308 g/mol. The Hall–Kier alpha value is -2.26. The van der Waals surface area contributed by atoms with Crippen molar-refractivity contribution in [3.8, 4) is 0 Å². The van der Waals surface area contributed by atoms with Gasteiger partial charge in [-0.15, -0.1) is 11.3 Å². The number of aromatic nitrogens is 1. The molecule has 0 saturated carbocycles. The normalized spacial score (nSPS) is 21.6. The topological polar surface area (TPSA) is 117 Å². The van der Waals surface area contributed by atoms with Crippen LogP contribution in [-0.2, 0) is 5.54 Å². The molecule has 1 aliphatic rings. The molecule has 0 bridgehead atoms. The van der Waals surface area contributed by atoms with Gasteiger partial charge in [0, 0.05) is 6.54 Å². The molecule has 0 aliphatic carbocycles. The number of carboxylic acid groups (broad SMARTS) is 1. The molecule has 0 aromatic carbocycles. The molecule has 1 amide bonds. The van der Waals surface area contributed by atoms with Crippen LogP contribution >= 0.6 is 11.3 Å². The molecule has 116 valence electrons. The predicted octanol–water partition coefficient (Wildman–Crippen LogP) is 2.05. The lowest BCUT2D eigenvalue weighted by Gasteiger charge is -2.37. The summed E-state index contributed by atoms with van der Waals surface area (Å²) in [6.45, 7) is 1.08. The van der Waals surface area contributed by atoms with E-state index in [9.17, 15) is 20.0 Å². The van der Waals surface area contributed by atoms with Crippen molar-refractivity contribution in [1.29, 1.82) is 0 Å². The zero-order valence-corrected chi connectivity index (χ0v) is 12.4. The van der Waals surface area contributed by atoms with E-state index in [0.717, 1.165) is 13.0 Å². The Kier molecular flexibility index (Phi) is 3.67. The van der Waals surface area contributed by atoms with Gasteiger partial charge in [-0.1, -0.05) is 0 Å². The van der Waals surface area contributed by atoms with Gasteiger partial charge in [0.05, 0.1) is 26.2 Å². The molecule has 1 fully saturated rings. The molecule has 9 heteroatoms. The van der Waals surface area contributed by atoms with Crippen LogP contribution in [0.5, 0.6) is 0 Å². The molecule has 2 aromatic rings. The molecule has 3 rings (SSSR count). The van der Waals surface area contributed by atoms with Crippen LogP contribution in [0.4, 0.5) is 10.5 Å². The minimum Gasteiger partial charge on any atom is -0.465 e. The summed E-state index contributed by atoms with van der Waals surface area (Å²) in [5.74, 6) is 0. The summed E-state index contributed by atoms with van der Waals surface area (Å²) in [6.07, 6.45) is 1.25. The lowest BCUT2D eigenvalue weighted by atomic mass is 9.82. The third-order valence-corrected chi connectivity index (χ3v) is 4.78. The van der Waals surface area contributed by atoms with Crippen LogP contribution in [0.3, 0.4) is 0 Å². The Balaban J connectivity index is 2.27. The van der Waals surface area contributed by atoms with Gasteiger partial charge < -0.3 is 15.7 Å². The number of rotatable bonds is 3. The quantitative estimate of drug-likeness (QED) is 0.588. The minimum atomic E-state index is -1.19. The summed E-state index contributed by atoms with van der Waals surface area (Å²) < 4.78 is 0.659. The fourth-order valence-corrected chi connectivity index (χ4v) is 3.99. The Morgan fingerprint density at radius 3 is 3.05 bits per heavy atom. The van der Waals surface area contributed by atoms with Crippen LogP contribution < -0.4 is 10.6 Å². The van der Waals surface area contributed by atoms with Crippen molar-refractivity contribution in [1.82, 2.24) is 15.6 Å². The van der Waals surface area contributed by atoms with Crippen LogP contribution in [0, 0.1) is 10.1 Å². The molecule has 22 heavy (non-hydrogen) atoms. The molecule has 1 aliphatic heterocycles. The Labute approximate surface area is 129 Å². The number of thiophene rings is 1. The van der Waals surface area contributed by atoms with Gasteiger partial charge in [-0.25, -0.2) is 9.78 Å². The summed E-state index contributed by atoms with van der Waals surface area (Å²) in [7, 11) is 0. The smallest absolute Gasteiger partial charge is 0.405 e. The number of piperidine rings is 1. The first kappa shape index (κ1) is 14.7. The molecule has 0 spiro atoms. The summed E-state index contributed by atoms with van der Waals surface area (Å²) in [4.78, 5) is 26.3. The largest absolute Gasteiger partial charge is 0.465 e. The zero-order valence-electron chi connectivity index (χ0n) is 11.5. The monoisotopic (exact) mass is 322 g/mol. The van der Waals surface area contributed by atoms with Crippen LogP contribution in [0.15, 0.2) is 17.6 Å². The second kappa shape index (κ2) is 5.50. The van der Waals surface area contributed by atoms with E-state index < -0.39 is 16.6 Å². The number of carbonyl (C=O) groups is 1. The highest BCUT2D eigenvalue weighted by Crippen LogP contribution is 2.41. The molecule has 3 N–H and O–H groups in total. The first-order valence-electron chi connectivity index (χ1n) is 6.76. The number of amides is 1. The van der Waals surface area contributed by atoms with E-state index >= 15 is 0 Å². The third kappa shape index (κ3) is 2.38. The van der Waals surface area contributed by atoms with Crippen molar-refractivity contribution in [2.45, 2.75) is 18.4 Å². The lowest BCUT2D eigenvalue weighted by Crippen LogP contribution is -2.55. The molecule has 2 aromatic heterocycles. The van der Waals surface area contributed by atoms with Crippen LogP contribution in [0.1, 0.15) is 18.4 Å². The number of hydrogen-bond acceptors (Lipinski definition) is 6. The molecular formula is C13H14N4O4S. The number of nitro groups is 1. The lowest BCUT2D eigenvalue weighted by molar-refractivity contribution is -0.386. The average Bonchev–Trinajstić information content (AvgIpc) is 2.94. The van der Waals surface area contributed by atoms with Gasteiger partial charge in [-0.05, 0) is 30.8 Å². The number of nitrogens with zero attached hydrogens (tertiary/aromatic N) is 2. The highest BCUT2D eigenvalue weighted by Gasteiger charge is 2.42. The second-order valence-electron chi connectivity index (χ2n) is 5.20. The molecule has 8 nitrogen and oxygen atoms in total. The first-order valence-corrected chi connectivity index (χ1v) is 7.64. The van der Waals surface area contributed by atoms with Crippen molar-refractivity contribution in [2.75, 3.05) is 13.1 Å². The highest BCUT2D eigenvalue weighted by molar-refractivity contribution is 7.17. The number of nitrogens with one attached hydrogen (secondary N) is 2. The van der Waals surface area contributed by atoms with Crippen LogP contribution in [0.25, 0.3) is 10.2 Å². The van der Waals surface area contributed by atoms with Crippen molar-refractivity contribution in [3.05, 3.63) is 33.3 Å². The molecule has 1 saturated heterocycles. The molecule has 1 atom stereocenters. The van der Waals surface area contributed by atoms with E-state index in [0.29, 0.717) is 28.7 Å². The fourth-order valence-electron chi connectivity index (χ4n) is 3.00. The van der Waals surface area contributed by atoms with Crippen molar-refractivity contribution in [2.24, 2.45) is 0 Å². The standard InChI is InChI=1S/C13H14N4O4S/c18-12(19)16-13(3-1-4-14-7-13)10-9(17(20)21)6-15-8-2-5-22-11(8)10/h2,5-6,14,16H,1,3-4,7H2,(H,18,19)/t13-/m1/s1. The van der Waals surface area contributed by atoms with Gasteiger partial charge in [0.1, 0.15) is 6.20 Å². The van der Waals surface area contributed by atoms with Crippen LogP contribution in [-0.4, -0.2) is 34.2 Å². The van der Waals surface area contributed by atoms with Gasteiger partial charge >= 0.3 is 6.09 Å².